The van der Waals surface area contributed by atoms with Crippen molar-refractivity contribution in [2.45, 2.75) is 16.5 Å². The summed E-state index contributed by atoms with van der Waals surface area (Å²) in [6, 6.07) is 17.8. The van der Waals surface area contributed by atoms with Crippen LogP contribution in [0.1, 0.15) is 6.92 Å². The second kappa shape index (κ2) is 10.2. The lowest BCUT2D eigenvalue weighted by atomic mass is 10.0. The monoisotopic (exact) mass is 414 g/mol. The highest BCUT2D eigenvalue weighted by Gasteiger charge is 2.18. The molecule has 0 aliphatic carbocycles. The second-order valence-corrected chi connectivity index (χ2v) is 8.52. The van der Waals surface area contributed by atoms with Crippen LogP contribution in [0, 0.1) is 0 Å². The summed E-state index contributed by atoms with van der Waals surface area (Å²) in [7, 11) is 1.65. The first-order chi connectivity index (χ1) is 13.7. The van der Waals surface area contributed by atoms with E-state index in [1.807, 2.05) is 61.5 Å². The number of hydrogen-bond acceptors (Lipinski definition) is 7. The van der Waals surface area contributed by atoms with Gasteiger partial charge in [0.25, 0.3) is 0 Å². The summed E-state index contributed by atoms with van der Waals surface area (Å²) in [5.41, 5.74) is 2.86. The predicted molar refractivity (Wildman–Crippen MR) is 116 cm³/mol. The highest BCUT2D eigenvalue weighted by Crippen LogP contribution is 2.31. The van der Waals surface area contributed by atoms with E-state index in [4.69, 9.17) is 4.74 Å². The Morgan fingerprint density at radius 2 is 1.89 bits per heavy atom. The molecule has 146 valence electrons. The van der Waals surface area contributed by atoms with Crippen LogP contribution < -0.4 is 10.6 Å². The number of rotatable bonds is 9. The third-order valence-electron chi connectivity index (χ3n) is 3.91. The Hall–Kier alpha value is -2.42. The van der Waals surface area contributed by atoms with Gasteiger partial charge in [-0.25, -0.2) is 0 Å². The molecule has 0 aliphatic rings. The minimum Gasteiger partial charge on any atom is -0.383 e. The Labute approximate surface area is 172 Å². The molecule has 8 heteroatoms. The maximum absolute atomic E-state index is 12.7. The minimum absolute atomic E-state index is 0.0718. The maximum Gasteiger partial charge on any atom is 0.237 e. The summed E-state index contributed by atoms with van der Waals surface area (Å²) >= 11 is 2.82. The number of nitrogens with zero attached hydrogens (tertiary/aromatic N) is 2. The molecule has 0 bridgehead atoms. The van der Waals surface area contributed by atoms with Crippen molar-refractivity contribution in [1.29, 1.82) is 0 Å². The molecule has 6 nitrogen and oxygen atoms in total. The Bertz CT molecular complexity index is 902. The first-order valence-electron chi connectivity index (χ1n) is 8.85. The number of ether oxygens (including phenoxy) is 1. The Morgan fingerprint density at radius 3 is 2.68 bits per heavy atom. The quantitative estimate of drug-likeness (QED) is 0.400. The van der Waals surface area contributed by atoms with Crippen LogP contribution in [0.5, 0.6) is 0 Å². The number of methoxy groups -OCH3 is 1. The number of benzene rings is 2. The number of carbonyl (C=O) groups excluding carboxylic acids is 1. The lowest BCUT2D eigenvalue weighted by molar-refractivity contribution is -0.115. The van der Waals surface area contributed by atoms with Crippen LogP contribution in [0.2, 0.25) is 0 Å². The Morgan fingerprint density at radius 1 is 1.14 bits per heavy atom. The van der Waals surface area contributed by atoms with Crippen molar-refractivity contribution in [3.05, 3.63) is 54.6 Å². The van der Waals surface area contributed by atoms with Gasteiger partial charge in [0, 0.05) is 24.9 Å². The summed E-state index contributed by atoms with van der Waals surface area (Å²) in [6.07, 6.45) is 0. The largest absolute Gasteiger partial charge is 0.383 e. The van der Waals surface area contributed by atoms with Gasteiger partial charge in [-0.2, -0.15) is 0 Å². The smallest absolute Gasteiger partial charge is 0.237 e. The zero-order valence-corrected chi connectivity index (χ0v) is 17.3. The number of nitrogens with one attached hydrogen (secondary N) is 2. The van der Waals surface area contributed by atoms with Crippen LogP contribution in [-0.2, 0) is 9.53 Å². The van der Waals surface area contributed by atoms with Gasteiger partial charge < -0.3 is 15.4 Å². The molecule has 1 aromatic heterocycles. The Balaban J connectivity index is 1.62. The first-order valence-corrected chi connectivity index (χ1v) is 10.6. The van der Waals surface area contributed by atoms with Crippen molar-refractivity contribution in [3.63, 3.8) is 0 Å². The number of anilines is 2. The fraction of sp³-hybridized carbons (Fsp3) is 0.250. The number of aromatic nitrogens is 2. The summed E-state index contributed by atoms with van der Waals surface area (Å²) < 4.78 is 5.75. The molecule has 1 atom stereocenters. The molecule has 3 aromatic rings. The SMILES string of the molecule is COCCNc1nnc(SC(C)C(=O)Nc2ccccc2-c2ccccc2)s1. The van der Waals surface area contributed by atoms with Crippen molar-refractivity contribution in [2.75, 3.05) is 30.9 Å². The van der Waals surface area contributed by atoms with Crippen molar-refractivity contribution in [3.8, 4) is 11.1 Å². The molecule has 3 rings (SSSR count). The van der Waals surface area contributed by atoms with Crippen molar-refractivity contribution in [2.24, 2.45) is 0 Å². The van der Waals surface area contributed by atoms with E-state index in [2.05, 4.69) is 20.8 Å². The molecular formula is C20H22N4O2S2. The molecule has 2 N–H and O–H groups in total. The summed E-state index contributed by atoms with van der Waals surface area (Å²) in [6.45, 7) is 3.13. The molecule has 0 spiro atoms. The van der Waals surface area contributed by atoms with Gasteiger partial charge in [-0.15, -0.1) is 10.2 Å². The number of thioether (sulfide) groups is 1. The predicted octanol–water partition coefficient (Wildman–Crippen LogP) is 4.38. The van der Waals surface area contributed by atoms with Crippen LogP contribution in [0.15, 0.2) is 58.9 Å². The summed E-state index contributed by atoms with van der Waals surface area (Å²) in [4.78, 5) is 12.7. The van der Waals surface area contributed by atoms with Crippen LogP contribution in [-0.4, -0.2) is 41.6 Å². The molecule has 0 radical (unpaired) electrons. The molecule has 2 aromatic carbocycles. The van der Waals surface area contributed by atoms with E-state index in [1.165, 1.54) is 23.1 Å². The van der Waals surface area contributed by atoms with Gasteiger partial charge >= 0.3 is 0 Å². The molecule has 1 amide bonds. The fourth-order valence-corrected chi connectivity index (χ4v) is 4.41. The van der Waals surface area contributed by atoms with Crippen LogP contribution in [0.4, 0.5) is 10.8 Å². The molecular weight excluding hydrogens is 392 g/mol. The standard InChI is InChI=1S/C20H22N4O2S2/c1-14(27-20-24-23-19(28-20)21-12-13-26-2)18(25)22-17-11-7-6-10-16(17)15-8-4-3-5-9-15/h3-11,14H,12-13H2,1-2H3,(H,21,23)(H,22,25). The number of hydrogen-bond donors (Lipinski definition) is 2. The van der Waals surface area contributed by atoms with E-state index in [-0.39, 0.29) is 11.2 Å². The third kappa shape index (κ3) is 5.54. The zero-order valence-electron chi connectivity index (χ0n) is 15.7. The first kappa shape index (κ1) is 20.3. The highest BCUT2D eigenvalue weighted by atomic mass is 32.2. The topological polar surface area (TPSA) is 76.1 Å². The van der Waals surface area contributed by atoms with E-state index in [9.17, 15) is 4.79 Å². The highest BCUT2D eigenvalue weighted by molar-refractivity contribution is 8.02. The molecule has 0 fully saturated rings. The van der Waals surface area contributed by atoms with Crippen molar-refractivity contribution >= 4 is 39.8 Å². The van der Waals surface area contributed by atoms with Crippen LogP contribution in [0.25, 0.3) is 11.1 Å². The van der Waals surface area contributed by atoms with E-state index >= 15 is 0 Å². The fourth-order valence-electron chi connectivity index (χ4n) is 2.49. The van der Waals surface area contributed by atoms with Crippen molar-refractivity contribution in [1.82, 2.24) is 10.2 Å². The zero-order chi connectivity index (χ0) is 19.8. The molecule has 1 unspecified atom stereocenters. The summed E-state index contributed by atoms with van der Waals surface area (Å²) in [5.74, 6) is -0.0718. The van der Waals surface area contributed by atoms with E-state index in [0.29, 0.717) is 13.2 Å². The van der Waals surface area contributed by atoms with Gasteiger partial charge in [-0.3, -0.25) is 4.79 Å². The van der Waals surface area contributed by atoms with Crippen molar-refractivity contribution < 1.29 is 9.53 Å². The number of carbonyl (C=O) groups is 1. The van der Waals surface area contributed by atoms with Gasteiger partial charge in [0.2, 0.25) is 11.0 Å². The lowest BCUT2D eigenvalue weighted by Crippen LogP contribution is -2.22. The molecule has 0 saturated carbocycles. The normalized spacial score (nSPS) is 11.8. The average molecular weight is 415 g/mol. The second-order valence-electron chi connectivity index (χ2n) is 5.95. The van der Waals surface area contributed by atoms with Gasteiger partial charge in [-0.1, -0.05) is 71.6 Å². The van der Waals surface area contributed by atoms with Gasteiger partial charge in [0.05, 0.1) is 11.9 Å². The average Bonchev–Trinajstić information content (AvgIpc) is 3.16. The van der Waals surface area contributed by atoms with Gasteiger partial charge in [-0.05, 0) is 18.6 Å². The van der Waals surface area contributed by atoms with E-state index in [0.717, 1.165) is 26.3 Å². The third-order valence-corrected chi connectivity index (χ3v) is 5.97. The van der Waals surface area contributed by atoms with E-state index < -0.39 is 0 Å². The number of para-hydroxylation sites is 1. The summed E-state index contributed by atoms with van der Waals surface area (Å²) in [5, 5.41) is 14.8. The molecule has 0 aliphatic heterocycles. The maximum atomic E-state index is 12.7. The Kier molecular flexibility index (Phi) is 7.41. The van der Waals surface area contributed by atoms with Crippen LogP contribution in [0.3, 0.4) is 0 Å². The minimum atomic E-state index is -0.302. The molecule has 0 saturated heterocycles. The molecule has 1 heterocycles. The molecule has 28 heavy (non-hydrogen) atoms. The van der Waals surface area contributed by atoms with Crippen LogP contribution >= 0.6 is 23.1 Å². The van der Waals surface area contributed by atoms with Gasteiger partial charge in [0.1, 0.15) is 0 Å². The van der Waals surface area contributed by atoms with E-state index in [1.54, 1.807) is 7.11 Å². The number of amides is 1. The van der Waals surface area contributed by atoms with Gasteiger partial charge in [0.15, 0.2) is 4.34 Å². The lowest BCUT2D eigenvalue weighted by Gasteiger charge is -2.14.